The van der Waals surface area contributed by atoms with Crippen LogP contribution in [0.5, 0.6) is 0 Å². The van der Waals surface area contributed by atoms with E-state index in [1.165, 1.54) is 30.0 Å². The first kappa shape index (κ1) is 30.4. The molecule has 3 aromatic carbocycles. The number of carbonyl (C=O) groups excluding carboxylic acids is 2. The summed E-state index contributed by atoms with van der Waals surface area (Å²) in [7, 11) is 0. The monoisotopic (exact) mass is 638 g/mol. The van der Waals surface area contributed by atoms with Gasteiger partial charge < -0.3 is 9.88 Å². The lowest BCUT2D eigenvalue weighted by molar-refractivity contribution is -0.130. The van der Waals surface area contributed by atoms with E-state index in [0.29, 0.717) is 30.4 Å². The van der Waals surface area contributed by atoms with Crippen LogP contribution in [0, 0.1) is 12.7 Å². The Morgan fingerprint density at radius 3 is 2.58 bits per heavy atom. The molecule has 1 atom stereocenters. The molecule has 1 unspecified atom stereocenters. The van der Waals surface area contributed by atoms with E-state index in [0.717, 1.165) is 27.3 Å². The largest absolute Gasteiger partial charge is 0.345 e. The van der Waals surface area contributed by atoms with Crippen LogP contribution in [0.2, 0.25) is 0 Å². The summed E-state index contributed by atoms with van der Waals surface area (Å²) in [4.78, 5) is 27.5. The van der Waals surface area contributed by atoms with Crippen molar-refractivity contribution in [3.63, 3.8) is 0 Å². The number of amides is 2. The van der Waals surface area contributed by atoms with Crippen molar-refractivity contribution in [2.45, 2.75) is 44.1 Å². The zero-order chi connectivity index (χ0) is 31.2. The number of hydrazone groups is 1. The summed E-state index contributed by atoms with van der Waals surface area (Å²) in [5, 5.41) is 20.6. The first-order valence-corrected chi connectivity index (χ1v) is 16.4. The van der Waals surface area contributed by atoms with E-state index in [1.807, 2.05) is 59.3 Å². The van der Waals surface area contributed by atoms with Crippen molar-refractivity contribution in [3.05, 3.63) is 135 Å². The van der Waals surface area contributed by atoms with Crippen LogP contribution in [0.25, 0.3) is 0 Å². The summed E-state index contributed by atoms with van der Waals surface area (Å²) in [6.45, 7) is 2.69. The Morgan fingerprint density at radius 2 is 1.82 bits per heavy atom. The van der Waals surface area contributed by atoms with E-state index < -0.39 is 11.7 Å². The molecule has 0 saturated carbocycles. The second-order valence-corrected chi connectivity index (χ2v) is 12.6. The summed E-state index contributed by atoms with van der Waals surface area (Å²) >= 11 is 2.91. The molecule has 228 valence electrons. The molecular weight excluding hydrogens is 608 g/mol. The highest BCUT2D eigenvalue weighted by Crippen LogP contribution is 2.35. The number of aromatic nitrogens is 3. The van der Waals surface area contributed by atoms with Gasteiger partial charge in [-0.15, -0.1) is 21.5 Å². The molecule has 3 heterocycles. The average molecular weight is 639 g/mol. The normalized spacial score (nSPS) is 14.4. The number of hydrogen-bond donors (Lipinski definition) is 1. The Bertz CT molecular complexity index is 1810. The number of rotatable bonds is 11. The van der Waals surface area contributed by atoms with Gasteiger partial charge in [-0.2, -0.15) is 5.10 Å². The molecular formula is C34H31FN6O2S2. The Morgan fingerprint density at radius 1 is 1.00 bits per heavy atom. The molecule has 45 heavy (non-hydrogen) atoms. The molecule has 0 bridgehead atoms. The number of thiophene rings is 1. The number of benzene rings is 3. The predicted octanol–water partition coefficient (Wildman–Crippen LogP) is 6.43. The van der Waals surface area contributed by atoms with E-state index in [-0.39, 0.29) is 29.8 Å². The molecule has 8 nitrogen and oxygen atoms in total. The molecule has 0 saturated heterocycles. The number of aryl methyl sites for hydroxylation is 2. The Labute approximate surface area is 269 Å². The van der Waals surface area contributed by atoms with E-state index in [2.05, 4.69) is 39.8 Å². The van der Waals surface area contributed by atoms with Gasteiger partial charge in [-0.25, -0.2) is 9.40 Å². The third kappa shape index (κ3) is 7.38. The van der Waals surface area contributed by atoms with Crippen LogP contribution in [0.4, 0.5) is 4.39 Å². The summed E-state index contributed by atoms with van der Waals surface area (Å²) in [5.41, 5.74) is 4.46. The van der Waals surface area contributed by atoms with Gasteiger partial charge in [-0.1, -0.05) is 84.1 Å². The Hall–Kier alpha value is -4.61. The fraction of sp³-hybridized carbons (Fsp3) is 0.206. The number of carbonyl (C=O) groups is 2. The number of nitrogens with zero attached hydrogens (tertiary/aromatic N) is 5. The van der Waals surface area contributed by atoms with Crippen LogP contribution < -0.4 is 5.32 Å². The van der Waals surface area contributed by atoms with E-state index in [4.69, 9.17) is 5.10 Å². The van der Waals surface area contributed by atoms with E-state index in [1.54, 1.807) is 22.4 Å². The van der Waals surface area contributed by atoms with Gasteiger partial charge in [0.15, 0.2) is 11.0 Å². The topological polar surface area (TPSA) is 92.5 Å². The van der Waals surface area contributed by atoms with Crippen molar-refractivity contribution in [1.29, 1.82) is 0 Å². The molecule has 0 aliphatic carbocycles. The highest BCUT2D eigenvalue weighted by Gasteiger charge is 2.33. The van der Waals surface area contributed by atoms with Gasteiger partial charge in [-0.05, 0) is 54.1 Å². The van der Waals surface area contributed by atoms with Crippen molar-refractivity contribution in [1.82, 2.24) is 25.1 Å². The number of nitrogens with one attached hydrogen (secondary N) is 1. The second kappa shape index (κ2) is 14.0. The van der Waals surface area contributed by atoms with E-state index >= 15 is 0 Å². The zero-order valence-electron chi connectivity index (χ0n) is 24.6. The zero-order valence-corrected chi connectivity index (χ0v) is 26.2. The highest BCUT2D eigenvalue weighted by molar-refractivity contribution is 7.99. The fourth-order valence-electron chi connectivity index (χ4n) is 5.13. The standard InChI is InChI=1S/C34H31FN6O2S2/c1-23-12-14-25(15-13-23)29-20-28(30-11-6-18-44-30)39-41(29)32(42)22-45-34-38-37-31(40(34)17-16-24-7-3-2-4-8-24)21-36-33(43)26-9-5-10-27(35)19-26/h2-15,18-19,29H,16-17,20-22H2,1H3,(H,36,43). The molecule has 2 aromatic heterocycles. The van der Waals surface area contributed by atoms with Gasteiger partial charge in [0.1, 0.15) is 5.82 Å². The molecule has 1 aliphatic heterocycles. The average Bonchev–Trinajstić information content (AvgIpc) is 3.83. The maximum Gasteiger partial charge on any atom is 0.253 e. The quantitative estimate of drug-likeness (QED) is 0.168. The van der Waals surface area contributed by atoms with Crippen molar-refractivity contribution < 1.29 is 14.0 Å². The summed E-state index contributed by atoms with van der Waals surface area (Å²) in [6.07, 6.45) is 1.35. The minimum absolute atomic E-state index is 0.0989. The number of hydrogen-bond acceptors (Lipinski definition) is 7. The fourth-order valence-corrected chi connectivity index (χ4v) is 6.69. The molecule has 1 N–H and O–H groups in total. The highest BCUT2D eigenvalue weighted by atomic mass is 32.2. The van der Waals surface area contributed by atoms with E-state index in [9.17, 15) is 14.0 Å². The van der Waals surface area contributed by atoms with Gasteiger partial charge in [0.05, 0.1) is 28.9 Å². The van der Waals surface area contributed by atoms with Gasteiger partial charge in [0, 0.05) is 18.5 Å². The maximum atomic E-state index is 13.7. The lowest BCUT2D eigenvalue weighted by atomic mass is 10.00. The lowest BCUT2D eigenvalue weighted by Gasteiger charge is -2.22. The van der Waals surface area contributed by atoms with Gasteiger partial charge in [0.25, 0.3) is 11.8 Å². The SMILES string of the molecule is Cc1ccc(C2CC(c3cccs3)=NN2C(=O)CSc2nnc(CNC(=O)c3cccc(F)c3)n2CCc2ccccc2)cc1. The van der Waals surface area contributed by atoms with Crippen LogP contribution in [0.3, 0.4) is 0 Å². The van der Waals surface area contributed by atoms with Crippen LogP contribution in [-0.4, -0.2) is 43.1 Å². The molecule has 1 aliphatic rings. The maximum absolute atomic E-state index is 13.7. The summed E-state index contributed by atoms with van der Waals surface area (Å²) in [6, 6.07) is 27.6. The Balaban J connectivity index is 1.19. The first-order valence-electron chi connectivity index (χ1n) is 14.6. The van der Waals surface area contributed by atoms with Crippen LogP contribution in [-0.2, 0) is 24.3 Å². The lowest BCUT2D eigenvalue weighted by Crippen LogP contribution is -2.28. The minimum atomic E-state index is -0.480. The third-order valence-electron chi connectivity index (χ3n) is 7.51. The molecule has 6 rings (SSSR count). The summed E-state index contributed by atoms with van der Waals surface area (Å²) < 4.78 is 15.6. The van der Waals surface area contributed by atoms with Gasteiger partial charge in [-0.3, -0.25) is 9.59 Å². The second-order valence-electron chi connectivity index (χ2n) is 10.7. The Kier molecular flexibility index (Phi) is 9.46. The molecule has 5 aromatic rings. The van der Waals surface area contributed by atoms with Crippen molar-refractivity contribution in [2.75, 3.05) is 5.75 Å². The molecule has 2 amide bonds. The molecule has 0 radical (unpaired) electrons. The van der Waals surface area contributed by atoms with Crippen LogP contribution in [0.1, 0.15) is 50.2 Å². The third-order valence-corrected chi connectivity index (χ3v) is 9.38. The summed E-state index contributed by atoms with van der Waals surface area (Å²) in [5.74, 6) is -0.362. The number of halogens is 1. The molecule has 11 heteroatoms. The van der Waals surface area contributed by atoms with Gasteiger partial charge >= 0.3 is 0 Å². The first-order chi connectivity index (χ1) is 21.9. The van der Waals surface area contributed by atoms with Crippen molar-refractivity contribution in [2.24, 2.45) is 5.10 Å². The van der Waals surface area contributed by atoms with Crippen molar-refractivity contribution in [3.8, 4) is 0 Å². The minimum Gasteiger partial charge on any atom is -0.345 e. The predicted molar refractivity (Wildman–Crippen MR) is 175 cm³/mol. The smallest absolute Gasteiger partial charge is 0.253 e. The van der Waals surface area contributed by atoms with Gasteiger partial charge in [0.2, 0.25) is 0 Å². The van der Waals surface area contributed by atoms with Crippen LogP contribution >= 0.6 is 23.1 Å². The van der Waals surface area contributed by atoms with Crippen LogP contribution in [0.15, 0.2) is 107 Å². The molecule has 0 fully saturated rings. The number of thioether (sulfide) groups is 1. The molecule has 0 spiro atoms. The van der Waals surface area contributed by atoms with Crippen molar-refractivity contribution >= 4 is 40.6 Å².